The lowest BCUT2D eigenvalue weighted by Crippen LogP contribution is -1.64. The van der Waals surface area contributed by atoms with Gasteiger partial charge in [-0.3, -0.25) is 0 Å². The Morgan fingerprint density at radius 3 is 2.82 bits per heavy atom. The molecule has 2 rings (SSSR count). The van der Waals surface area contributed by atoms with Crippen LogP contribution in [0.5, 0.6) is 0 Å². The molecule has 2 aromatic rings. The van der Waals surface area contributed by atoms with Gasteiger partial charge in [-0.2, -0.15) is 0 Å². The highest BCUT2D eigenvalue weighted by Gasteiger charge is 2.00. The molecule has 0 aliphatic carbocycles. The molecule has 0 nitrogen and oxygen atoms in total. The molecule has 0 atom stereocenters. The fourth-order valence-corrected chi connectivity index (χ4v) is 2.87. The minimum atomic E-state index is 1.13. The lowest BCUT2D eigenvalue weighted by atomic mass is 10.3. The van der Waals surface area contributed by atoms with Crippen LogP contribution in [0.15, 0.2) is 32.5 Å². The minimum Gasteiger partial charge on any atom is -0.143 e. The van der Waals surface area contributed by atoms with E-state index in [-0.39, 0.29) is 0 Å². The fraction of sp³-hybridized carbons (Fsp3) is 0. The smallest absolute Gasteiger partial charge is 0.0361 e. The largest absolute Gasteiger partial charge is 0.143 e. The minimum absolute atomic E-state index is 1.13. The number of benzene rings is 1. The summed E-state index contributed by atoms with van der Waals surface area (Å²) < 4.78 is 3.63. The Hall–Kier alpha value is 0.140. The summed E-state index contributed by atoms with van der Waals surface area (Å²) in [5, 5.41) is 3.39. The highest BCUT2D eigenvalue weighted by atomic mass is 79.9. The second-order valence-corrected chi connectivity index (χ2v) is 4.91. The van der Waals surface area contributed by atoms with Crippen LogP contribution in [-0.2, 0) is 0 Å². The highest BCUT2D eigenvalue weighted by Crippen LogP contribution is 2.31. The van der Waals surface area contributed by atoms with Gasteiger partial charge in [-0.1, -0.05) is 15.9 Å². The zero-order valence-corrected chi connectivity index (χ0v) is 9.46. The van der Waals surface area contributed by atoms with Gasteiger partial charge in [0.2, 0.25) is 0 Å². The SMILES string of the molecule is Brc1ccc2scc(Br)c2c1. The molecule has 0 radical (unpaired) electrons. The molecule has 0 saturated carbocycles. The van der Waals surface area contributed by atoms with E-state index in [0.717, 1.165) is 4.47 Å². The maximum Gasteiger partial charge on any atom is 0.0361 e. The lowest BCUT2D eigenvalue weighted by molar-refractivity contribution is 1.75. The molecule has 3 heteroatoms. The van der Waals surface area contributed by atoms with Crippen molar-refractivity contribution in [2.45, 2.75) is 0 Å². The van der Waals surface area contributed by atoms with Crippen LogP contribution in [0.25, 0.3) is 10.1 Å². The van der Waals surface area contributed by atoms with E-state index in [9.17, 15) is 0 Å². The predicted molar refractivity (Wildman–Crippen MR) is 57.2 cm³/mol. The number of thiophene rings is 1. The molecular weight excluding hydrogens is 288 g/mol. The number of hydrogen-bond donors (Lipinski definition) is 0. The van der Waals surface area contributed by atoms with Gasteiger partial charge in [0, 0.05) is 24.4 Å². The third-order valence-corrected chi connectivity index (χ3v) is 3.90. The molecule has 0 aliphatic rings. The van der Waals surface area contributed by atoms with Crippen molar-refractivity contribution in [1.82, 2.24) is 0 Å². The third kappa shape index (κ3) is 1.37. The summed E-state index contributed by atoms with van der Waals surface area (Å²) >= 11 is 8.68. The van der Waals surface area contributed by atoms with Crippen LogP contribution in [0.2, 0.25) is 0 Å². The van der Waals surface area contributed by atoms with Crippen LogP contribution >= 0.6 is 43.2 Å². The van der Waals surface area contributed by atoms with E-state index >= 15 is 0 Å². The first-order valence-electron chi connectivity index (χ1n) is 3.09. The van der Waals surface area contributed by atoms with E-state index in [2.05, 4.69) is 55.4 Å². The van der Waals surface area contributed by atoms with Crippen LogP contribution in [-0.4, -0.2) is 0 Å². The number of hydrogen-bond acceptors (Lipinski definition) is 1. The monoisotopic (exact) mass is 290 g/mol. The third-order valence-electron chi connectivity index (χ3n) is 1.49. The second-order valence-electron chi connectivity index (χ2n) is 2.22. The molecule has 0 fully saturated rings. The van der Waals surface area contributed by atoms with Gasteiger partial charge in [-0.05, 0) is 34.1 Å². The second kappa shape index (κ2) is 2.88. The van der Waals surface area contributed by atoms with E-state index in [1.807, 2.05) is 0 Å². The van der Waals surface area contributed by atoms with Gasteiger partial charge in [-0.15, -0.1) is 11.3 Å². The molecule has 11 heavy (non-hydrogen) atoms. The van der Waals surface area contributed by atoms with Gasteiger partial charge in [-0.25, -0.2) is 0 Å². The summed E-state index contributed by atoms with van der Waals surface area (Å²) in [7, 11) is 0. The molecule has 1 aromatic carbocycles. The first-order valence-corrected chi connectivity index (χ1v) is 5.56. The maximum atomic E-state index is 3.49. The van der Waals surface area contributed by atoms with E-state index in [1.165, 1.54) is 14.6 Å². The fourth-order valence-electron chi connectivity index (χ4n) is 0.970. The Morgan fingerprint density at radius 1 is 1.18 bits per heavy atom. The molecule has 56 valence electrons. The van der Waals surface area contributed by atoms with Crippen LogP contribution in [0.4, 0.5) is 0 Å². The number of rotatable bonds is 0. The molecular formula is C8H4Br2S. The zero-order chi connectivity index (χ0) is 7.84. The lowest BCUT2D eigenvalue weighted by Gasteiger charge is -1.90. The van der Waals surface area contributed by atoms with Crippen molar-refractivity contribution in [2.24, 2.45) is 0 Å². The molecule has 1 aromatic heterocycles. The van der Waals surface area contributed by atoms with E-state index in [1.54, 1.807) is 11.3 Å². The van der Waals surface area contributed by atoms with Gasteiger partial charge in [0.15, 0.2) is 0 Å². The predicted octanol–water partition coefficient (Wildman–Crippen LogP) is 4.43. The zero-order valence-electron chi connectivity index (χ0n) is 5.47. The van der Waals surface area contributed by atoms with Crippen molar-refractivity contribution in [1.29, 1.82) is 0 Å². The highest BCUT2D eigenvalue weighted by molar-refractivity contribution is 9.11. The topological polar surface area (TPSA) is 0 Å². The summed E-state index contributed by atoms with van der Waals surface area (Å²) in [4.78, 5) is 0. The molecule has 1 heterocycles. The standard InChI is InChI=1S/C8H4Br2S/c9-5-1-2-8-6(3-5)7(10)4-11-8/h1-4H. The summed E-state index contributed by atoms with van der Waals surface area (Å²) in [6, 6.07) is 6.30. The van der Waals surface area contributed by atoms with Gasteiger partial charge in [0.25, 0.3) is 0 Å². The molecule has 0 saturated heterocycles. The quantitative estimate of drug-likeness (QED) is 0.674. The van der Waals surface area contributed by atoms with Gasteiger partial charge >= 0.3 is 0 Å². The van der Waals surface area contributed by atoms with Crippen LogP contribution in [0.1, 0.15) is 0 Å². The van der Waals surface area contributed by atoms with Crippen molar-refractivity contribution in [3.8, 4) is 0 Å². The van der Waals surface area contributed by atoms with Crippen molar-refractivity contribution in [3.05, 3.63) is 32.5 Å². The first kappa shape index (κ1) is 7.77. The van der Waals surface area contributed by atoms with Crippen molar-refractivity contribution in [2.75, 3.05) is 0 Å². The Kier molecular flexibility index (Phi) is 2.04. The molecule has 0 spiro atoms. The Morgan fingerprint density at radius 2 is 2.00 bits per heavy atom. The van der Waals surface area contributed by atoms with Gasteiger partial charge in [0.1, 0.15) is 0 Å². The maximum absolute atomic E-state index is 3.49. The normalized spacial score (nSPS) is 10.7. The molecule has 0 N–H and O–H groups in total. The van der Waals surface area contributed by atoms with Crippen molar-refractivity contribution < 1.29 is 0 Å². The summed E-state index contributed by atoms with van der Waals surface area (Å²) in [5.41, 5.74) is 0. The number of fused-ring (bicyclic) bond motifs is 1. The van der Waals surface area contributed by atoms with Crippen molar-refractivity contribution >= 4 is 53.3 Å². The average Bonchev–Trinajstić information content (AvgIpc) is 2.33. The van der Waals surface area contributed by atoms with Crippen molar-refractivity contribution in [3.63, 3.8) is 0 Å². The van der Waals surface area contributed by atoms with E-state index in [0.29, 0.717) is 0 Å². The van der Waals surface area contributed by atoms with Crippen LogP contribution in [0.3, 0.4) is 0 Å². The number of halogens is 2. The summed E-state index contributed by atoms with van der Waals surface area (Å²) in [6.07, 6.45) is 0. The van der Waals surface area contributed by atoms with E-state index in [4.69, 9.17) is 0 Å². The first-order chi connectivity index (χ1) is 5.27. The van der Waals surface area contributed by atoms with Gasteiger partial charge < -0.3 is 0 Å². The Balaban J connectivity index is 2.87. The summed E-state index contributed by atoms with van der Waals surface area (Å²) in [5.74, 6) is 0. The molecule has 0 unspecified atom stereocenters. The Labute approximate surface area is 85.5 Å². The average molecular weight is 292 g/mol. The van der Waals surface area contributed by atoms with E-state index < -0.39 is 0 Å². The molecule has 0 amide bonds. The Bertz CT molecular complexity index is 392. The van der Waals surface area contributed by atoms with Gasteiger partial charge in [0.05, 0.1) is 0 Å². The molecule has 0 aliphatic heterocycles. The van der Waals surface area contributed by atoms with Crippen LogP contribution in [0, 0.1) is 0 Å². The summed E-state index contributed by atoms with van der Waals surface area (Å²) in [6.45, 7) is 0. The molecule has 0 bridgehead atoms. The van der Waals surface area contributed by atoms with Crippen LogP contribution < -0.4 is 0 Å².